The third-order valence-corrected chi connectivity index (χ3v) is 5.78. The van der Waals surface area contributed by atoms with E-state index in [9.17, 15) is 22.0 Å². The van der Waals surface area contributed by atoms with Crippen molar-refractivity contribution < 1.29 is 22.0 Å². The highest BCUT2D eigenvalue weighted by Gasteiger charge is 2.26. The van der Waals surface area contributed by atoms with E-state index in [-0.39, 0.29) is 11.7 Å². The van der Waals surface area contributed by atoms with Crippen molar-refractivity contribution in [3.8, 4) is 5.69 Å². The predicted molar refractivity (Wildman–Crippen MR) is 100 cm³/mol. The van der Waals surface area contributed by atoms with Crippen molar-refractivity contribution in [3.05, 3.63) is 60.9 Å². The van der Waals surface area contributed by atoms with Crippen molar-refractivity contribution in [2.75, 3.05) is 11.1 Å². The Balaban J connectivity index is 1.56. The molecule has 3 rings (SSSR count). The first-order chi connectivity index (χ1) is 13.4. The van der Waals surface area contributed by atoms with Crippen molar-refractivity contribution in [2.45, 2.75) is 15.8 Å². The molecular weight excluding hydrogens is 410 g/mol. The molecule has 28 heavy (non-hydrogen) atoms. The fourth-order valence-corrected chi connectivity index (χ4v) is 3.50. The Morgan fingerprint density at radius 3 is 2.43 bits per heavy atom. The molecule has 0 aliphatic carbocycles. The van der Waals surface area contributed by atoms with Gasteiger partial charge in [-0.2, -0.15) is 8.78 Å². The van der Waals surface area contributed by atoms with Crippen LogP contribution in [0.25, 0.3) is 5.69 Å². The average Bonchev–Trinajstić information content (AvgIpc) is 3.16. The molecule has 0 radical (unpaired) electrons. The molecule has 1 amide bonds. The van der Waals surface area contributed by atoms with Crippen LogP contribution in [0.15, 0.2) is 71.0 Å². The third-order valence-electron chi connectivity index (χ3n) is 3.53. The lowest BCUT2D eigenvalue weighted by molar-refractivity contribution is -0.113. The summed E-state index contributed by atoms with van der Waals surface area (Å²) in [5.41, 5.74) is 1.13. The van der Waals surface area contributed by atoms with Crippen LogP contribution in [-0.4, -0.2) is 40.6 Å². The highest BCUT2D eigenvalue weighted by molar-refractivity contribution is 7.99. The molecule has 0 atom stereocenters. The predicted octanol–water partition coefficient (Wildman–Crippen LogP) is 2.99. The van der Waals surface area contributed by atoms with Crippen LogP contribution in [0.4, 0.5) is 14.5 Å². The number of hydrogen-bond acceptors (Lipinski definition) is 6. The van der Waals surface area contributed by atoms with E-state index in [1.54, 1.807) is 4.68 Å². The number of nitrogens with one attached hydrogen (secondary N) is 1. The molecule has 1 aromatic heterocycles. The van der Waals surface area contributed by atoms with E-state index in [0.717, 1.165) is 29.6 Å². The fourth-order valence-electron chi connectivity index (χ4n) is 2.18. The Labute approximate surface area is 163 Å². The number of rotatable bonds is 7. The van der Waals surface area contributed by atoms with Gasteiger partial charge >= 0.3 is 5.76 Å². The molecular formula is C17H14F2N4O3S2. The Hall–Kier alpha value is -2.79. The number of para-hydroxylation sites is 1. The van der Waals surface area contributed by atoms with Gasteiger partial charge < -0.3 is 5.32 Å². The molecule has 1 heterocycles. The first-order valence-corrected chi connectivity index (χ1v) is 10.4. The second kappa shape index (κ2) is 8.48. The van der Waals surface area contributed by atoms with Gasteiger partial charge in [0.1, 0.15) is 6.33 Å². The maximum Gasteiger partial charge on any atom is 0.341 e. The van der Waals surface area contributed by atoms with Crippen LogP contribution in [0.5, 0.6) is 0 Å². The minimum Gasteiger partial charge on any atom is -0.325 e. The zero-order valence-electron chi connectivity index (χ0n) is 14.2. The Morgan fingerprint density at radius 2 is 1.79 bits per heavy atom. The number of sulfone groups is 1. The molecule has 0 saturated carbocycles. The minimum atomic E-state index is -4.66. The molecule has 7 nitrogen and oxygen atoms in total. The van der Waals surface area contributed by atoms with Gasteiger partial charge in [0.25, 0.3) is 0 Å². The number of nitrogens with zero attached hydrogens (tertiary/aromatic N) is 3. The van der Waals surface area contributed by atoms with Crippen LogP contribution < -0.4 is 5.32 Å². The molecule has 0 aliphatic rings. The molecule has 11 heteroatoms. The highest BCUT2D eigenvalue weighted by atomic mass is 32.2. The van der Waals surface area contributed by atoms with Crippen LogP contribution in [0, 0.1) is 0 Å². The van der Waals surface area contributed by atoms with Gasteiger partial charge in [-0.1, -0.05) is 30.0 Å². The minimum absolute atomic E-state index is 0.0237. The monoisotopic (exact) mass is 424 g/mol. The number of carbonyl (C=O) groups is 1. The summed E-state index contributed by atoms with van der Waals surface area (Å²) in [6.07, 6.45) is 1.54. The van der Waals surface area contributed by atoms with E-state index < -0.39 is 20.5 Å². The molecule has 2 aromatic carbocycles. The molecule has 0 unspecified atom stereocenters. The first kappa shape index (κ1) is 20.0. The van der Waals surface area contributed by atoms with Crippen molar-refractivity contribution >= 4 is 33.2 Å². The number of benzene rings is 2. The van der Waals surface area contributed by atoms with E-state index in [1.807, 2.05) is 30.3 Å². The van der Waals surface area contributed by atoms with Crippen LogP contribution in [-0.2, 0) is 14.6 Å². The largest absolute Gasteiger partial charge is 0.341 e. The van der Waals surface area contributed by atoms with Crippen molar-refractivity contribution in [2.24, 2.45) is 0 Å². The lowest BCUT2D eigenvalue weighted by Crippen LogP contribution is -2.15. The molecule has 0 fully saturated rings. The van der Waals surface area contributed by atoms with Gasteiger partial charge in [-0.3, -0.25) is 4.79 Å². The lowest BCUT2D eigenvalue weighted by atomic mass is 10.3. The quantitative estimate of drug-likeness (QED) is 0.586. The zero-order chi connectivity index (χ0) is 20.1. The van der Waals surface area contributed by atoms with E-state index >= 15 is 0 Å². The van der Waals surface area contributed by atoms with Crippen LogP contribution in [0.2, 0.25) is 0 Å². The fraction of sp³-hybridized carbons (Fsp3) is 0.118. The van der Waals surface area contributed by atoms with Gasteiger partial charge in [0.05, 0.1) is 16.3 Å². The SMILES string of the molecule is O=C(CSc1ncn(-c2ccccc2)n1)Nc1ccc(S(=O)(=O)C(F)F)cc1. The van der Waals surface area contributed by atoms with E-state index in [0.29, 0.717) is 10.8 Å². The zero-order valence-corrected chi connectivity index (χ0v) is 15.8. The average molecular weight is 424 g/mol. The van der Waals surface area contributed by atoms with Gasteiger partial charge in [0.2, 0.25) is 20.9 Å². The number of anilines is 1. The van der Waals surface area contributed by atoms with Crippen LogP contribution in [0.1, 0.15) is 0 Å². The number of halogens is 2. The second-order valence-corrected chi connectivity index (χ2v) is 8.33. The van der Waals surface area contributed by atoms with Gasteiger partial charge in [0, 0.05) is 5.69 Å². The second-order valence-electron chi connectivity index (χ2n) is 5.47. The summed E-state index contributed by atoms with van der Waals surface area (Å²) in [4.78, 5) is 15.6. The number of amides is 1. The normalized spacial score (nSPS) is 11.5. The Morgan fingerprint density at radius 1 is 1.11 bits per heavy atom. The molecule has 0 spiro atoms. The molecule has 0 saturated heterocycles. The highest BCUT2D eigenvalue weighted by Crippen LogP contribution is 2.21. The maximum atomic E-state index is 12.5. The summed E-state index contributed by atoms with van der Waals surface area (Å²) in [6, 6.07) is 13.9. The van der Waals surface area contributed by atoms with E-state index in [4.69, 9.17) is 0 Å². The molecule has 0 aliphatic heterocycles. The van der Waals surface area contributed by atoms with Crippen LogP contribution >= 0.6 is 11.8 Å². The van der Waals surface area contributed by atoms with Crippen LogP contribution in [0.3, 0.4) is 0 Å². The molecule has 1 N–H and O–H groups in total. The van der Waals surface area contributed by atoms with Gasteiger partial charge in [-0.25, -0.2) is 18.1 Å². The van der Waals surface area contributed by atoms with Crippen molar-refractivity contribution in [1.29, 1.82) is 0 Å². The Kier molecular flexibility index (Phi) is 6.05. The topological polar surface area (TPSA) is 93.9 Å². The standard InChI is InChI=1S/C17H14F2N4O3S2/c18-16(19)28(25,26)14-8-6-12(7-9-14)21-15(24)10-27-17-20-11-23(22-17)13-4-2-1-3-5-13/h1-9,11,16H,10H2,(H,21,24). The number of thioether (sulfide) groups is 1. The first-order valence-electron chi connectivity index (χ1n) is 7.88. The number of alkyl halides is 2. The third kappa shape index (κ3) is 4.73. The summed E-state index contributed by atoms with van der Waals surface area (Å²) in [7, 11) is -4.66. The van der Waals surface area contributed by atoms with Gasteiger partial charge in [0.15, 0.2) is 0 Å². The molecule has 0 bridgehead atoms. The summed E-state index contributed by atoms with van der Waals surface area (Å²) in [5.74, 6) is -3.84. The number of hydrogen-bond donors (Lipinski definition) is 1. The van der Waals surface area contributed by atoms with E-state index in [1.165, 1.54) is 18.5 Å². The summed E-state index contributed by atoms with van der Waals surface area (Å²) in [6.45, 7) is 0. The summed E-state index contributed by atoms with van der Waals surface area (Å²) in [5, 5.41) is 7.23. The molecule has 146 valence electrons. The molecule has 3 aromatic rings. The lowest BCUT2D eigenvalue weighted by Gasteiger charge is -2.06. The summed E-state index contributed by atoms with van der Waals surface area (Å²) < 4.78 is 49.3. The van der Waals surface area contributed by atoms with Crippen molar-refractivity contribution in [3.63, 3.8) is 0 Å². The van der Waals surface area contributed by atoms with Crippen molar-refractivity contribution in [1.82, 2.24) is 14.8 Å². The smallest absolute Gasteiger partial charge is 0.325 e. The van der Waals surface area contributed by atoms with E-state index in [2.05, 4.69) is 15.4 Å². The number of aromatic nitrogens is 3. The maximum absolute atomic E-state index is 12.5. The summed E-state index contributed by atoms with van der Waals surface area (Å²) >= 11 is 1.12. The van der Waals surface area contributed by atoms with Gasteiger partial charge in [-0.05, 0) is 36.4 Å². The van der Waals surface area contributed by atoms with Gasteiger partial charge in [-0.15, -0.1) is 5.10 Å². The number of carbonyl (C=O) groups excluding carboxylic acids is 1. The Bertz CT molecular complexity index is 1060.